The van der Waals surface area contributed by atoms with Crippen LogP contribution in [0.5, 0.6) is 0 Å². The van der Waals surface area contributed by atoms with Crippen LogP contribution in [0.2, 0.25) is 0 Å². The highest BCUT2D eigenvalue weighted by Crippen LogP contribution is 2.31. The lowest BCUT2D eigenvalue weighted by Gasteiger charge is -2.15. The number of rotatable bonds is 5. The fourth-order valence-electron chi connectivity index (χ4n) is 2.62. The van der Waals surface area contributed by atoms with E-state index in [0.29, 0.717) is 5.69 Å². The standard InChI is InChI=1S/C18H22N4O3S/c1-18(2,3)16-10-14-13(6-7-19-17(14)22-16)15-5-4-12(11-20-15)26(24,25)21-8-9-23/h4-7,10-11,21,23H,8-9H2,1-3H3,(H,19,22). The van der Waals surface area contributed by atoms with Crippen LogP contribution in [0.15, 0.2) is 41.6 Å². The Morgan fingerprint density at radius 3 is 2.58 bits per heavy atom. The van der Waals surface area contributed by atoms with E-state index in [2.05, 4.69) is 46.5 Å². The van der Waals surface area contributed by atoms with E-state index in [4.69, 9.17) is 5.11 Å². The molecule has 26 heavy (non-hydrogen) atoms. The topological polar surface area (TPSA) is 108 Å². The van der Waals surface area contributed by atoms with Crippen LogP contribution < -0.4 is 4.72 Å². The molecular weight excluding hydrogens is 352 g/mol. The first kappa shape index (κ1) is 18.5. The summed E-state index contributed by atoms with van der Waals surface area (Å²) in [5.41, 5.74) is 3.35. The number of sulfonamides is 1. The van der Waals surface area contributed by atoms with Gasteiger partial charge in [-0.1, -0.05) is 20.8 Å². The van der Waals surface area contributed by atoms with Crippen molar-refractivity contribution in [1.29, 1.82) is 0 Å². The molecule has 0 amide bonds. The minimum absolute atomic E-state index is 0.0337. The third kappa shape index (κ3) is 3.62. The summed E-state index contributed by atoms with van der Waals surface area (Å²) in [7, 11) is -3.67. The number of hydrogen-bond acceptors (Lipinski definition) is 5. The molecule has 3 aromatic heterocycles. The molecule has 0 unspecified atom stereocenters. The number of hydrogen-bond donors (Lipinski definition) is 3. The van der Waals surface area contributed by atoms with Crippen LogP contribution >= 0.6 is 0 Å². The average Bonchev–Trinajstić information content (AvgIpc) is 3.05. The molecule has 0 atom stereocenters. The van der Waals surface area contributed by atoms with Crippen molar-refractivity contribution in [3.8, 4) is 11.3 Å². The molecule has 0 radical (unpaired) electrons. The van der Waals surface area contributed by atoms with E-state index in [-0.39, 0.29) is 23.5 Å². The van der Waals surface area contributed by atoms with Crippen molar-refractivity contribution in [2.45, 2.75) is 31.1 Å². The van der Waals surface area contributed by atoms with Crippen LogP contribution in [0.25, 0.3) is 22.3 Å². The molecule has 3 N–H and O–H groups in total. The van der Waals surface area contributed by atoms with Gasteiger partial charge in [-0.15, -0.1) is 0 Å². The molecular formula is C18H22N4O3S. The van der Waals surface area contributed by atoms with Crippen molar-refractivity contribution >= 4 is 21.1 Å². The van der Waals surface area contributed by atoms with Gasteiger partial charge in [-0.25, -0.2) is 18.1 Å². The number of aromatic nitrogens is 3. The quantitative estimate of drug-likeness (QED) is 0.634. The lowest BCUT2D eigenvalue weighted by Crippen LogP contribution is -2.26. The molecule has 0 aromatic carbocycles. The molecule has 0 saturated carbocycles. The largest absolute Gasteiger partial charge is 0.395 e. The highest BCUT2D eigenvalue weighted by atomic mass is 32.2. The van der Waals surface area contributed by atoms with E-state index in [0.717, 1.165) is 22.3 Å². The Bertz CT molecular complexity index is 1020. The fourth-order valence-corrected chi connectivity index (χ4v) is 3.58. The monoisotopic (exact) mass is 374 g/mol. The van der Waals surface area contributed by atoms with Gasteiger partial charge in [0.2, 0.25) is 10.0 Å². The van der Waals surface area contributed by atoms with Crippen molar-refractivity contribution in [3.05, 3.63) is 42.4 Å². The summed E-state index contributed by atoms with van der Waals surface area (Å²) in [5.74, 6) is 0. The maximum Gasteiger partial charge on any atom is 0.242 e. The molecule has 0 fully saturated rings. The summed E-state index contributed by atoms with van der Waals surface area (Å²) in [5, 5.41) is 9.72. The minimum Gasteiger partial charge on any atom is -0.395 e. The summed E-state index contributed by atoms with van der Waals surface area (Å²) >= 11 is 0. The normalized spacial score (nSPS) is 12.6. The molecule has 8 heteroatoms. The molecule has 0 spiro atoms. The van der Waals surface area contributed by atoms with Gasteiger partial charge in [0.25, 0.3) is 0 Å². The first-order valence-corrected chi connectivity index (χ1v) is 9.76. The molecule has 0 bridgehead atoms. The Morgan fingerprint density at radius 1 is 1.19 bits per heavy atom. The molecule has 0 saturated heterocycles. The predicted octanol–water partition coefficient (Wildman–Crippen LogP) is 2.19. The van der Waals surface area contributed by atoms with Gasteiger partial charge in [-0.3, -0.25) is 4.98 Å². The Morgan fingerprint density at radius 2 is 1.96 bits per heavy atom. The second kappa shape index (κ2) is 6.79. The predicted molar refractivity (Wildman–Crippen MR) is 100 cm³/mol. The van der Waals surface area contributed by atoms with Gasteiger partial charge in [0, 0.05) is 41.0 Å². The number of fused-ring (bicyclic) bond motifs is 1. The highest BCUT2D eigenvalue weighted by Gasteiger charge is 2.19. The van der Waals surface area contributed by atoms with Gasteiger partial charge >= 0.3 is 0 Å². The Labute approximate surface area is 152 Å². The van der Waals surface area contributed by atoms with Crippen LogP contribution in [0, 0.1) is 0 Å². The Hall–Kier alpha value is -2.29. The first-order chi connectivity index (χ1) is 12.2. The van der Waals surface area contributed by atoms with Crippen molar-refractivity contribution in [3.63, 3.8) is 0 Å². The summed E-state index contributed by atoms with van der Waals surface area (Å²) in [6.07, 6.45) is 3.02. The molecule has 7 nitrogen and oxygen atoms in total. The average molecular weight is 374 g/mol. The summed E-state index contributed by atoms with van der Waals surface area (Å²) < 4.78 is 26.5. The first-order valence-electron chi connectivity index (χ1n) is 8.27. The van der Waals surface area contributed by atoms with E-state index in [1.54, 1.807) is 12.3 Å². The minimum atomic E-state index is -3.67. The molecule has 3 rings (SSSR count). The zero-order chi connectivity index (χ0) is 18.9. The molecule has 138 valence electrons. The van der Waals surface area contributed by atoms with E-state index in [1.165, 1.54) is 12.3 Å². The summed E-state index contributed by atoms with van der Waals surface area (Å²) in [6.45, 7) is 6.06. The molecule has 0 aliphatic heterocycles. The number of pyridine rings is 2. The Balaban J connectivity index is 2.01. The van der Waals surface area contributed by atoms with Crippen LogP contribution in [0.3, 0.4) is 0 Å². The van der Waals surface area contributed by atoms with Crippen molar-refractivity contribution in [2.24, 2.45) is 0 Å². The van der Waals surface area contributed by atoms with Crippen molar-refractivity contribution < 1.29 is 13.5 Å². The smallest absolute Gasteiger partial charge is 0.242 e. The van der Waals surface area contributed by atoms with Gasteiger partial charge in [0.05, 0.1) is 12.3 Å². The van der Waals surface area contributed by atoms with Crippen LogP contribution in [0.1, 0.15) is 26.5 Å². The van der Waals surface area contributed by atoms with Crippen LogP contribution in [-0.2, 0) is 15.4 Å². The number of aliphatic hydroxyl groups is 1. The molecule has 3 heterocycles. The molecule has 0 aliphatic rings. The molecule has 3 aromatic rings. The van der Waals surface area contributed by atoms with Gasteiger partial charge in [0.15, 0.2) is 0 Å². The zero-order valence-electron chi connectivity index (χ0n) is 14.9. The zero-order valence-corrected chi connectivity index (χ0v) is 15.8. The third-order valence-corrected chi connectivity index (χ3v) is 5.51. The van der Waals surface area contributed by atoms with Gasteiger partial charge in [0.1, 0.15) is 10.5 Å². The number of nitrogens with zero attached hydrogens (tertiary/aromatic N) is 2. The van der Waals surface area contributed by atoms with E-state index < -0.39 is 10.0 Å². The third-order valence-electron chi connectivity index (χ3n) is 4.07. The number of nitrogens with one attached hydrogen (secondary N) is 2. The summed E-state index contributed by atoms with van der Waals surface area (Å²) in [6, 6.07) is 7.10. The number of H-pyrrole nitrogens is 1. The van der Waals surface area contributed by atoms with E-state index in [1.807, 2.05) is 6.07 Å². The lowest BCUT2D eigenvalue weighted by atomic mass is 9.92. The number of aliphatic hydroxyl groups excluding tert-OH is 1. The van der Waals surface area contributed by atoms with Gasteiger partial charge < -0.3 is 10.1 Å². The van der Waals surface area contributed by atoms with E-state index >= 15 is 0 Å². The lowest BCUT2D eigenvalue weighted by molar-refractivity contribution is 0.301. The second-order valence-corrected chi connectivity index (χ2v) is 8.82. The van der Waals surface area contributed by atoms with Gasteiger partial charge in [-0.2, -0.15) is 0 Å². The summed E-state index contributed by atoms with van der Waals surface area (Å²) in [4.78, 5) is 12.1. The molecule has 0 aliphatic carbocycles. The fraction of sp³-hybridized carbons (Fsp3) is 0.333. The number of aromatic amines is 1. The van der Waals surface area contributed by atoms with Gasteiger partial charge in [-0.05, 0) is 24.3 Å². The van der Waals surface area contributed by atoms with Crippen LogP contribution in [-0.4, -0.2) is 41.6 Å². The van der Waals surface area contributed by atoms with Crippen LogP contribution in [0.4, 0.5) is 0 Å². The maximum atomic E-state index is 12.1. The second-order valence-electron chi connectivity index (χ2n) is 7.05. The SMILES string of the molecule is CC(C)(C)c1cc2c(-c3ccc(S(=O)(=O)NCCO)cn3)ccnc2[nH]1. The van der Waals surface area contributed by atoms with Crippen molar-refractivity contribution in [1.82, 2.24) is 19.7 Å². The Kier molecular flexibility index (Phi) is 4.83. The van der Waals surface area contributed by atoms with Crippen molar-refractivity contribution in [2.75, 3.05) is 13.2 Å². The van der Waals surface area contributed by atoms with E-state index in [9.17, 15) is 8.42 Å². The highest BCUT2D eigenvalue weighted by molar-refractivity contribution is 7.89. The maximum absolute atomic E-state index is 12.1.